The first-order valence-electron chi connectivity index (χ1n) is 9.74. The molecule has 0 spiro atoms. The molecule has 1 aliphatic carbocycles. The first kappa shape index (κ1) is 16.8. The van der Waals surface area contributed by atoms with Crippen LogP contribution in [0.4, 0.5) is 5.82 Å². The zero-order chi connectivity index (χ0) is 19.3. The van der Waals surface area contributed by atoms with Crippen molar-refractivity contribution in [1.82, 2.24) is 14.9 Å². The van der Waals surface area contributed by atoms with Gasteiger partial charge in [0, 0.05) is 59.2 Å². The number of aromatic amines is 1. The number of aromatic nitrogens is 2. The van der Waals surface area contributed by atoms with E-state index in [1.165, 1.54) is 0 Å². The zero-order valence-corrected chi connectivity index (χ0v) is 15.5. The van der Waals surface area contributed by atoms with Gasteiger partial charge in [0.25, 0.3) is 0 Å². The lowest BCUT2D eigenvalue weighted by molar-refractivity contribution is -0.139. The lowest BCUT2D eigenvalue weighted by Crippen LogP contribution is -2.42. The summed E-state index contributed by atoms with van der Waals surface area (Å²) < 4.78 is 0. The number of nitrogens with zero attached hydrogens (tertiary/aromatic N) is 3. The Morgan fingerprint density at radius 1 is 1.32 bits per heavy atom. The number of fused-ring (bicyclic) bond motifs is 2. The van der Waals surface area contributed by atoms with Gasteiger partial charge in [0.1, 0.15) is 17.5 Å². The maximum Gasteiger partial charge on any atom is 0.225 e. The predicted octanol–water partition coefficient (Wildman–Crippen LogP) is 3.37. The molecule has 2 aromatic heterocycles. The third kappa shape index (κ3) is 2.47. The van der Waals surface area contributed by atoms with Crippen LogP contribution in [0.3, 0.4) is 0 Å². The number of amides is 1. The lowest BCUT2D eigenvalue weighted by Gasteiger charge is -2.35. The molecule has 3 N–H and O–H groups in total. The highest BCUT2D eigenvalue weighted by Crippen LogP contribution is 2.39. The second kappa shape index (κ2) is 6.38. The molecule has 1 saturated carbocycles. The summed E-state index contributed by atoms with van der Waals surface area (Å²) in [5.74, 6) is 0.660. The molecule has 1 amide bonds. The number of hydrogen-bond acceptors (Lipinski definition) is 4. The van der Waals surface area contributed by atoms with Crippen LogP contribution in [-0.2, 0) is 17.8 Å². The Kier molecular flexibility index (Phi) is 3.83. The van der Waals surface area contributed by atoms with E-state index in [0.29, 0.717) is 25.1 Å². The number of nitriles is 1. The number of carbonyl (C=O) groups is 1. The monoisotopic (exact) mass is 371 g/mol. The van der Waals surface area contributed by atoms with Gasteiger partial charge >= 0.3 is 0 Å². The largest absolute Gasteiger partial charge is 0.383 e. The summed E-state index contributed by atoms with van der Waals surface area (Å²) in [7, 11) is 0. The lowest BCUT2D eigenvalue weighted by atomic mass is 9.83. The molecule has 2 aliphatic rings. The molecule has 0 radical (unpaired) electrons. The molecule has 28 heavy (non-hydrogen) atoms. The molecule has 1 fully saturated rings. The molecule has 1 aromatic carbocycles. The fourth-order valence-corrected chi connectivity index (χ4v) is 4.37. The molecule has 3 heterocycles. The number of rotatable bonds is 2. The molecule has 0 bridgehead atoms. The van der Waals surface area contributed by atoms with Crippen LogP contribution in [-0.4, -0.2) is 27.3 Å². The van der Waals surface area contributed by atoms with Crippen molar-refractivity contribution in [2.45, 2.75) is 32.2 Å². The van der Waals surface area contributed by atoms with E-state index in [2.05, 4.69) is 16.0 Å². The van der Waals surface area contributed by atoms with Gasteiger partial charge in [0.05, 0.1) is 5.69 Å². The highest BCUT2D eigenvalue weighted by Gasteiger charge is 2.33. The van der Waals surface area contributed by atoms with E-state index in [4.69, 9.17) is 5.73 Å². The van der Waals surface area contributed by atoms with E-state index in [1.54, 1.807) is 0 Å². The number of nitrogens with two attached hydrogens (primary N) is 1. The highest BCUT2D eigenvalue weighted by molar-refractivity contribution is 5.99. The third-order valence-corrected chi connectivity index (χ3v) is 6.12. The molecular formula is C22H21N5O. The van der Waals surface area contributed by atoms with Crippen LogP contribution in [0.5, 0.6) is 0 Å². The maximum atomic E-state index is 12.8. The van der Waals surface area contributed by atoms with E-state index in [1.807, 2.05) is 35.4 Å². The summed E-state index contributed by atoms with van der Waals surface area (Å²) in [4.78, 5) is 22.6. The number of para-hydroxylation sites is 1. The molecule has 6 nitrogen and oxygen atoms in total. The van der Waals surface area contributed by atoms with Crippen molar-refractivity contribution < 1.29 is 4.79 Å². The van der Waals surface area contributed by atoms with Crippen molar-refractivity contribution >= 4 is 22.6 Å². The minimum absolute atomic E-state index is 0.162. The van der Waals surface area contributed by atoms with Gasteiger partial charge in [-0.05, 0) is 18.9 Å². The van der Waals surface area contributed by atoms with Crippen molar-refractivity contribution in [2.24, 2.45) is 5.92 Å². The maximum absolute atomic E-state index is 12.8. The second-order valence-electron chi connectivity index (χ2n) is 7.67. The number of hydrogen-bond donors (Lipinski definition) is 2. The van der Waals surface area contributed by atoms with Crippen LogP contribution < -0.4 is 5.73 Å². The zero-order valence-electron chi connectivity index (χ0n) is 15.5. The molecule has 1 aliphatic heterocycles. The Hall–Kier alpha value is -3.33. The van der Waals surface area contributed by atoms with E-state index in [-0.39, 0.29) is 17.6 Å². The summed E-state index contributed by atoms with van der Waals surface area (Å²) in [6.45, 7) is 1.15. The molecule has 0 saturated heterocycles. The number of H-pyrrole nitrogens is 1. The molecule has 0 atom stereocenters. The van der Waals surface area contributed by atoms with Crippen LogP contribution in [0.25, 0.3) is 22.0 Å². The van der Waals surface area contributed by atoms with Crippen molar-refractivity contribution in [3.63, 3.8) is 0 Å². The number of carbonyl (C=O) groups excluding carboxylic acids is 1. The van der Waals surface area contributed by atoms with E-state index < -0.39 is 0 Å². The van der Waals surface area contributed by atoms with Gasteiger partial charge in [-0.1, -0.05) is 24.6 Å². The van der Waals surface area contributed by atoms with Gasteiger partial charge in [-0.25, -0.2) is 4.98 Å². The van der Waals surface area contributed by atoms with E-state index >= 15 is 0 Å². The Morgan fingerprint density at radius 3 is 2.89 bits per heavy atom. The molecule has 6 heteroatoms. The van der Waals surface area contributed by atoms with Crippen LogP contribution in [0, 0.1) is 17.2 Å². The molecule has 0 unspecified atom stereocenters. The van der Waals surface area contributed by atoms with Crippen LogP contribution in [0.15, 0.2) is 30.5 Å². The Labute approximate surface area is 163 Å². The van der Waals surface area contributed by atoms with Crippen LogP contribution >= 0.6 is 0 Å². The van der Waals surface area contributed by atoms with Crippen LogP contribution in [0.2, 0.25) is 0 Å². The highest BCUT2D eigenvalue weighted by atomic mass is 16.2. The molecule has 5 rings (SSSR count). The Morgan fingerprint density at radius 2 is 2.14 bits per heavy atom. The Bertz CT molecular complexity index is 1140. The van der Waals surface area contributed by atoms with Gasteiger partial charge in [0.15, 0.2) is 0 Å². The summed E-state index contributed by atoms with van der Waals surface area (Å²) >= 11 is 0. The summed E-state index contributed by atoms with van der Waals surface area (Å²) in [5, 5.41) is 10.9. The SMILES string of the molecule is N#Cc1c(N)nc2c(c1-c1c[nH]c3ccccc13)CN(C(=O)C1CCC1)CC2. The fraction of sp³-hybridized carbons (Fsp3) is 0.318. The van der Waals surface area contributed by atoms with E-state index in [9.17, 15) is 10.1 Å². The smallest absolute Gasteiger partial charge is 0.225 e. The molecule has 3 aromatic rings. The van der Waals surface area contributed by atoms with Gasteiger partial charge in [0.2, 0.25) is 5.91 Å². The van der Waals surface area contributed by atoms with Gasteiger partial charge < -0.3 is 15.6 Å². The number of anilines is 1. The normalized spacial score (nSPS) is 16.5. The first-order chi connectivity index (χ1) is 13.7. The minimum Gasteiger partial charge on any atom is -0.383 e. The summed E-state index contributed by atoms with van der Waals surface area (Å²) in [6, 6.07) is 10.2. The number of nitrogen functional groups attached to an aromatic ring is 1. The van der Waals surface area contributed by atoms with Crippen molar-refractivity contribution in [3.05, 3.63) is 47.3 Å². The summed E-state index contributed by atoms with van der Waals surface area (Å²) in [6.07, 6.45) is 5.70. The van der Waals surface area contributed by atoms with Gasteiger partial charge in [-0.3, -0.25) is 4.79 Å². The standard InChI is InChI=1S/C22H21N5O/c23-10-15-20(16-11-25-18-7-2-1-6-14(16)18)17-12-27(22(28)13-4-3-5-13)9-8-19(17)26-21(15)24/h1-2,6-7,11,13,25H,3-5,8-9,12H2,(H2,24,26). The second-order valence-corrected chi connectivity index (χ2v) is 7.67. The van der Waals surface area contributed by atoms with Gasteiger partial charge in [-0.2, -0.15) is 5.26 Å². The first-order valence-corrected chi connectivity index (χ1v) is 9.74. The van der Waals surface area contributed by atoms with Crippen molar-refractivity contribution in [2.75, 3.05) is 12.3 Å². The predicted molar refractivity (Wildman–Crippen MR) is 107 cm³/mol. The van der Waals surface area contributed by atoms with Crippen molar-refractivity contribution in [3.8, 4) is 17.2 Å². The number of benzene rings is 1. The third-order valence-electron chi connectivity index (χ3n) is 6.12. The molecular weight excluding hydrogens is 350 g/mol. The quantitative estimate of drug-likeness (QED) is 0.721. The molecule has 140 valence electrons. The Balaban J connectivity index is 1.67. The average molecular weight is 371 g/mol. The minimum atomic E-state index is 0.162. The average Bonchev–Trinajstić information content (AvgIpc) is 3.09. The van der Waals surface area contributed by atoms with Crippen LogP contribution in [0.1, 0.15) is 36.1 Å². The van der Waals surface area contributed by atoms with E-state index in [0.717, 1.165) is 52.5 Å². The number of nitrogens with one attached hydrogen (secondary N) is 1. The van der Waals surface area contributed by atoms with Gasteiger partial charge in [-0.15, -0.1) is 0 Å². The summed E-state index contributed by atoms with van der Waals surface area (Å²) in [5.41, 5.74) is 11.2. The topological polar surface area (TPSA) is 98.8 Å². The number of pyridine rings is 1. The fourth-order valence-electron chi connectivity index (χ4n) is 4.37. The van der Waals surface area contributed by atoms with Crippen molar-refractivity contribution in [1.29, 1.82) is 5.26 Å².